The topological polar surface area (TPSA) is 394 Å². The minimum atomic E-state index is -4.78. The number of ketones is 7. The lowest BCUT2D eigenvalue weighted by Crippen LogP contribution is -2.53. The van der Waals surface area contributed by atoms with Crippen molar-refractivity contribution in [2.75, 3.05) is 19.0 Å². The SMILES string of the molecule is CCCCC[C@H](NC(=O)[C@H](C)CC(=O)[C@@H](NC(=O)[C@H](CCNC(=O)OC(C)(C)C)CC(=O)c1ccc(-c2ccc(CCCC)cc2)cc1)[C@@H](C)OC(C)(C)C)C(=O)C[C@@H](C)C(=O)CCl.CCCCC[C@H](NC(=O)[C@H](C)CC(=O)[C@@H](NC(=O)[C@H](CCNC(=O)OC(C)(C)C)CC(=O)c1ccc(-c2ccc(CCCC)cc2)cc1)[C@@H](C)OC(C)(C)C)C(=O)O.C[C@H](N)C(=O)C(F)(F)F.Cl. The number of alkyl carbamates (subject to hydrolysis) is 2. The lowest BCUT2D eigenvalue weighted by molar-refractivity contribution is -0.172. The third-order valence-electron chi connectivity index (χ3n) is 21.2. The molecule has 4 rings (SSSR count). The van der Waals surface area contributed by atoms with E-state index in [1.807, 2.05) is 79.7 Å². The number of hydrogen-bond acceptors (Lipinski definition) is 19. The van der Waals surface area contributed by atoms with Crippen LogP contribution in [0, 0.1) is 29.6 Å². The fourth-order valence-electron chi connectivity index (χ4n) is 13.9. The second-order valence-corrected chi connectivity index (χ2v) is 38.4. The largest absolute Gasteiger partial charge is 0.480 e. The maximum atomic E-state index is 14.3. The van der Waals surface area contributed by atoms with Gasteiger partial charge in [0.2, 0.25) is 23.6 Å². The smallest absolute Gasteiger partial charge is 0.451 e. The van der Waals surface area contributed by atoms with Crippen LogP contribution in [0.5, 0.6) is 0 Å². The molecule has 12 atom stereocenters. The van der Waals surface area contributed by atoms with Crippen molar-refractivity contribution in [1.29, 1.82) is 0 Å². The number of amides is 6. The number of aryl methyl sites for hydroxylation is 2. The lowest BCUT2D eigenvalue weighted by Gasteiger charge is -2.32. The third-order valence-corrected chi connectivity index (χ3v) is 21.4. The molecule has 31 heteroatoms. The number of carbonyl (C=O) groups is 14. The molecule has 0 aromatic heterocycles. The molecule has 0 aliphatic heterocycles. The molecule has 0 heterocycles. The Kier molecular flexibility index (Phi) is 54.4. The Labute approximate surface area is 792 Å². The van der Waals surface area contributed by atoms with Crippen molar-refractivity contribution in [1.82, 2.24) is 31.9 Å². The van der Waals surface area contributed by atoms with Crippen molar-refractivity contribution in [3.63, 3.8) is 0 Å². The summed E-state index contributed by atoms with van der Waals surface area (Å²) in [6.07, 6.45) is 3.19. The number of Topliss-reactive ketones (excluding diaryl/α,β-unsaturated/α-hetero) is 7. The summed E-state index contributed by atoms with van der Waals surface area (Å²) in [5.41, 5.74) is 9.03. The summed E-state index contributed by atoms with van der Waals surface area (Å²) in [6, 6.07) is 25.3. The Morgan fingerprint density at radius 3 is 1.00 bits per heavy atom. The fourth-order valence-corrected chi connectivity index (χ4v) is 14.2. The summed E-state index contributed by atoms with van der Waals surface area (Å²) in [6.45, 7) is 38.7. The molecule has 9 N–H and O–H groups in total. The predicted octanol–water partition coefficient (Wildman–Crippen LogP) is 18.7. The number of halogens is 5. The number of aliphatic carboxylic acids is 1. The molecule has 0 bridgehead atoms. The molecule has 0 radical (unpaired) electrons. The number of benzene rings is 4. The number of alkyl halides is 4. The van der Waals surface area contributed by atoms with Gasteiger partial charge >= 0.3 is 24.3 Å². The Balaban J connectivity index is 0.00000120. The summed E-state index contributed by atoms with van der Waals surface area (Å²) in [4.78, 5) is 183. The standard InChI is InChI=1S/C51H76ClN3O9.C46H69N3O9.C4H6F3NO.ClH/c1-12-14-16-18-41(43(57)29-33(3)45(59)32-52)54-47(60)34(4)30-44(58)46(35(5)63-50(6,7)8)55-48(61)40(27-28-53-49(62)64-51(9,10)11)31-42(56)39-25-23-38(24-26-39)37-21-19-36(20-22-37)17-15-13-2;1-11-13-15-17-37(43(54)55)48-41(52)30(3)28-39(51)40(31(4)57-45(5,6)7)49-42(53)36(26-27-47-44(56)58-46(8,9)10)29-38(50)35-24-22-34(23-25-35)33-20-18-32(19-21-33)16-14-12-2;1-2(8)3(9)4(5,6)7;/h19-26,33-35,40-41,46H,12-18,27-32H2,1-11H3,(H,53,62)(H,54,60)(H,55,61);18-25,30-31,36-37,40H,11-17,26-29H2,1-10H3,(H,47,56)(H,48,52)(H,49,53)(H,54,55);2H,8H2,1H3;1H/t33-,34-,35-,40-,41+,46+;30-,31-,36-,37+,40+;2-;/m110./s1. The molecule has 0 saturated heterocycles. The van der Waals surface area contributed by atoms with Crippen LogP contribution in [-0.2, 0) is 79.7 Å². The van der Waals surface area contributed by atoms with Gasteiger partial charge in [-0.15, -0.1) is 24.0 Å². The average molecular weight is 1900 g/mol. The first kappa shape index (κ1) is 121. The van der Waals surface area contributed by atoms with Gasteiger partial charge in [0, 0.05) is 85.9 Å². The van der Waals surface area contributed by atoms with Crippen molar-refractivity contribution in [2.45, 2.75) is 358 Å². The van der Waals surface area contributed by atoms with Crippen LogP contribution in [0.1, 0.15) is 306 Å². The van der Waals surface area contributed by atoms with Gasteiger partial charge in [0.15, 0.2) is 34.7 Å². The number of nitrogens with two attached hydrogens (primary N) is 1. The first-order valence-corrected chi connectivity index (χ1v) is 46.7. The molecule has 132 heavy (non-hydrogen) atoms. The maximum Gasteiger partial charge on any atom is 0.451 e. The molecule has 4 aromatic rings. The molecule has 0 unspecified atom stereocenters. The van der Waals surface area contributed by atoms with E-state index in [2.05, 4.69) is 100 Å². The van der Waals surface area contributed by atoms with Gasteiger partial charge in [-0.3, -0.25) is 52.7 Å². The molecule has 740 valence electrons. The molecule has 0 aliphatic carbocycles. The number of ether oxygens (including phenoxy) is 4. The van der Waals surface area contributed by atoms with Crippen molar-refractivity contribution in [3.8, 4) is 22.3 Å². The van der Waals surface area contributed by atoms with Crippen molar-refractivity contribution in [2.24, 2.45) is 35.3 Å². The molecule has 0 spiro atoms. The normalized spacial score (nSPS) is 14.4. The molecule has 26 nitrogen and oxygen atoms in total. The summed E-state index contributed by atoms with van der Waals surface area (Å²) in [7, 11) is 0. The minimum Gasteiger partial charge on any atom is -0.480 e. The van der Waals surface area contributed by atoms with E-state index in [1.54, 1.807) is 93.5 Å². The number of hydrogen-bond donors (Lipinski definition) is 8. The highest BCUT2D eigenvalue weighted by Gasteiger charge is 2.41. The lowest BCUT2D eigenvalue weighted by atomic mass is 9.91. The zero-order valence-corrected chi connectivity index (χ0v) is 83.5. The zero-order valence-electron chi connectivity index (χ0n) is 81.9. The molecule has 0 fully saturated rings. The van der Waals surface area contributed by atoms with Crippen LogP contribution >= 0.6 is 24.0 Å². The summed E-state index contributed by atoms with van der Waals surface area (Å²) in [5.74, 6) is -12.0. The highest BCUT2D eigenvalue weighted by molar-refractivity contribution is 6.28. The van der Waals surface area contributed by atoms with E-state index in [0.29, 0.717) is 30.4 Å². The summed E-state index contributed by atoms with van der Waals surface area (Å²) >= 11 is 5.72. The van der Waals surface area contributed by atoms with Gasteiger partial charge in [0.05, 0.1) is 41.4 Å². The maximum absolute atomic E-state index is 14.3. The van der Waals surface area contributed by atoms with Crippen molar-refractivity contribution in [3.05, 3.63) is 119 Å². The first-order chi connectivity index (χ1) is 61.0. The van der Waals surface area contributed by atoms with Gasteiger partial charge in [-0.2, -0.15) is 13.2 Å². The van der Waals surface area contributed by atoms with Gasteiger partial charge < -0.3 is 61.7 Å². The zero-order chi connectivity index (χ0) is 99.5. The Hall–Kier alpha value is -9.29. The molecule has 4 aromatic carbocycles. The monoisotopic (exact) mass is 1890 g/mol. The highest BCUT2D eigenvalue weighted by Crippen LogP contribution is 2.29. The van der Waals surface area contributed by atoms with Crippen LogP contribution in [-0.4, -0.2) is 177 Å². The van der Waals surface area contributed by atoms with E-state index in [0.717, 1.165) is 93.4 Å². The Bertz CT molecular complexity index is 4290. The summed E-state index contributed by atoms with van der Waals surface area (Å²) < 4.78 is 56.8. The highest BCUT2D eigenvalue weighted by atomic mass is 35.5. The number of rotatable bonds is 53. The van der Waals surface area contributed by atoms with E-state index < -0.39 is 160 Å². The van der Waals surface area contributed by atoms with Crippen molar-refractivity contribution < 1.29 is 104 Å². The molecule has 0 aliphatic rings. The van der Waals surface area contributed by atoms with Crippen LogP contribution in [0.3, 0.4) is 0 Å². The van der Waals surface area contributed by atoms with Crippen molar-refractivity contribution >= 4 is 106 Å². The Morgan fingerprint density at radius 1 is 0.394 bits per heavy atom. The van der Waals surface area contributed by atoms with Gasteiger partial charge in [-0.25, -0.2) is 14.4 Å². The van der Waals surface area contributed by atoms with Crippen LogP contribution in [0.25, 0.3) is 22.3 Å². The second-order valence-electron chi connectivity index (χ2n) is 38.1. The number of carboxylic acid groups (broad SMARTS) is 1. The van der Waals surface area contributed by atoms with Gasteiger partial charge in [0.25, 0.3) is 5.78 Å². The Morgan fingerprint density at radius 2 is 0.712 bits per heavy atom. The van der Waals surface area contributed by atoms with Crippen LogP contribution in [0.4, 0.5) is 22.8 Å². The quantitative estimate of drug-likeness (QED) is 0.0116. The number of unbranched alkanes of at least 4 members (excludes halogenated alkanes) is 6. The van der Waals surface area contributed by atoms with Crippen LogP contribution in [0.15, 0.2) is 97.1 Å². The fraction of sp³-hybridized carbons (Fsp3) is 0.624. The average Bonchev–Trinajstić information content (AvgIpc) is 0.836. The molecular weight excluding hydrogens is 1740 g/mol. The first-order valence-electron chi connectivity index (χ1n) is 46.2. The van der Waals surface area contributed by atoms with E-state index in [-0.39, 0.29) is 106 Å². The van der Waals surface area contributed by atoms with Gasteiger partial charge in [0.1, 0.15) is 29.3 Å². The van der Waals surface area contributed by atoms with Crippen LogP contribution in [0.2, 0.25) is 0 Å². The minimum absolute atomic E-state index is 0. The number of nitrogens with one attached hydrogen (secondary N) is 6. The van der Waals surface area contributed by atoms with E-state index in [1.165, 1.54) is 18.1 Å². The van der Waals surface area contributed by atoms with E-state index in [9.17, 15) is 85.4 Å². The van der Waals surface area contributed by atoms with E-state index in [4.69, 9.17) is 30.5 Å². The van der Waals surface area contributed by atoms with E-state index >= 15 is 0 Å². The van der Waals surface area contributed by atoms with Gasteiger partial charge in [-0.1, -0.05) is 197 Å². The number of carbonyl (C=O) groups excluding carboxylic acids is 13. The van der Waals surface area contributed by atoms with Gasteiger partial charge in [-0.05, 0) is 189 Å². The number of carboxylic acids is 1. The van der Waals surface area contributed by atoms with Crippen LogP contribution < -0.4 is 37.6 Å². The second kappa shape index (κ2) is 59.5. The predicted molar refractivity (Wildman–Crippen MR) is 512 cm³/mol. The molecule has 6 amide bonds. The third kappa shape index (κ3) is 48.6. The summed E-state index contributed by atoms with van der Waals surface area (Å²) in [5, 5.41) is 26.1. The molecule has 0 saturated carbocycles. The molecular formula is C101H152Cl2F3N7O19.